The molecule has 0 atom stereocenters. The van der Waals surface area contributed by atoms with Crippen LogP contribution in [0.5, 0.6) is 0 Å². The molecule has 0 aliphatic carbocycles. The van der Waals surface area contributed by atoms with Crippen molar-refractivity contribution in [2.75, 3.05) is 0 Å². The number of aromatic nitrogens is 1. The minimum Gasteiger partial charge on any atom is -0.617 e. The van der Waals surface area contributed by atoms with Crippen LogP contribution in [0.1, 0.15) is 11.1 Å². The maximum atomic E-state index is 11.0. The zero-order valence-electron chi connectivity index (χ0n) is 6.11. The molecule has 11 heavy (non-hydrogen) atoms. The molecule has 1 aromatic heterocycles. The fourth-order valence-corrected chi connectivity index (χ4v) is 1.81. The van der Waals surface area contributed by atoms with Crippen LogP contribution < -0.4 is 4.73 Å². The van der Waals surface area contributed by atoms with Gasteiger partial charge in [-0.05, 0) is 36.4 Å². The molecule has 0 saturated carbocycles. The standard InChI is InChI=1S/C7H6BrINO/c1-4-3-10(11)7(8)5(2)6(4)9/h1-2H3. The van der Waals surface area contributed by atoms with Crippen molar-refractivity contribution in [2.45, 2.75) is 13.8 Å². The molecule has 2 nitrogen and oxygen atoms in total. The van der Waals surface area contributed by atoms with E-state index >= 15 is 0 Å². The summed E-state index contributed by atoms with van der Waals surface area (Å²) >= 11 is 5.38. The fourth-order valence-electron chi connectivity index (χ4n) is 0.775. The zero-order valence-corrected chi connectivity index (χ0v) is 9.85. The Morgan fingerprint density at radius 3 is 2.64 bits per heavy atom. The van der Waals surface area contributed by atoms with Gasteiger partial charge in [0, 0.05) is 30.6 Å². The van der Waals surface area contributed by atoms with Crippen molar-refractivity contribution in [3.05, 3.63) is 30.7 Å². The van der Waals surface area contributed by atoms with Gasteiger partial charge in [-0.2, -0.15) is 4.73 Å². The van der Waals surface area contributed by atoms with Gasteiger partial charge in [0.2, 0.25) is 0 Å². The van der Waals surface area contributed by atoms with Crippen LogP contribution in [-0.4, -0.2) is 0 Å². The van der Waals surface area contributed by atoms with Gasteiger partial charge in [0.15, 0.2) is 0 Å². The summed E-state index contributed by atoms with van der Waals surface area (Å²) < 4.78 is 2.35. The largest absolute Gasteiger partial charge is 0.617 e. The van der Waals surface area contributed by atoms with Crippen LogP contribution >= 0.6 is 38.5 Å². The minimum absolute atomic E-state index is 0.549. The summed E-state index contributed by atoms with van der Waals surface area (Å²) in [6, 6.07) is 0. The highest BCUT2D eigenvalue weighted by Crippen LogP contribution is 2.19. The van der Waals surface area contributed by atoms with Gasteiger partial charge in [0.25, 0.3) is 10.8 Å². The average Bonchev–Trinajstić information content (AvgIpc) is 1.97. The summed E-state index contributed by atoms with van der Waals surface area (Å²) in [5.74, 6) is 0. The zero-order chi connectivity index (χ0) is 8.59. The van der Waals surface area contributed by atoms with Crippen LogP contribution in [0.2, 0.25) is 0 Å². The van der Waals surface area contributed by atoms with Crippen molar-refractivity contribution in [2.24, 2.45) is 0 Å². The average molecular weight is 327 g/mol. The van der Waals surface area contributed by atoms with Gasteiger partial charge in [-0.3, -0.25) is 0 Å². The Labute approximate surface area is 87.5 Å². The molecule has 1 heterocycles. The lowest BCUT2D eigenvalue weighted by molar-refractivity contribution is -0.622. The third-order valence-electron chi connectivity index (χ3n) is 1.42. The van der Waals surface area contributed by atoms with Gasteiger partial charge >= 0.3 is 0 Å². The minimum atomic E-state index is 0.549. The van der Waals surface area contributed by atoms with E-state index in [0.717, 1.165) is 14.7 Å². The van der Waals surface area contributed by atoms with Crippen LogP contribution in [0.25, 0.3) is 0 Å². The second-order valence-corrected chi connectivity index (χ2v) is 4.09. The summed E-state index contributed by atoms with van der Waals surface area (Å²) in [6.45, 7) is 3.77. The first-order chi connectivity index (χ1) is 5.04. The number of rotatable bonds is 0. The molecule has 0 amide bonds. The third-order valence-corrected chi connectivity index (χ3v) is 3.95. The molecule has 0 saturated heterocycles. The van der Waals surface area contributed by atoms with E-state index in [-0.39, 0.29) is 0 Å². The predicted molar refractivity (Wildman–Crippen MR) is 54.1 cm³/mol. The summed E-state index contributed by atoms with van der Waals surface area (Å²) in [6.07, 6.45) is 2.65. The molecule has 0 bridgehead atoms. The maximum absolute atomic E-state index is 11.0. The van der Waals surface area contributed by atoms with Crippen molar-refractivity contribution in [1.29, 1.82) is 0 Å². The highest BCUT2D eigenvalue weighted by molar-refractivity contribution is 14.1. The molecule has 4 heteroatoms. The molecular formula is C7H6BrINO. The van der Waals surface area contributed by atoms with Crippen molar-refractivity contribution in [3.8, 4) is 0 Å². The van der Waals surface area contributed by atoms with Crippen LogP contribution in [-0.2, 0) is 0 Å². The van der Waals surface area contributed by atoms with Gasteiger partial charge in [-0.25, -0.2) is 0 Å². The Kier molecular flexibility index (Phi) is 2.74. The van der Waals surface area contributed by atoms with Crippen LogP contribution in [0, 0.1) is 28.8 Å². The number of pyridine rings is 1. The van der Waals surface area contributed by atoms with Gasteiger partial charge in [-0.15, -0.1) is 0 Å². The first-order valence-corrected chi connectivity index (χ1v) is 4.88. The van der Waals surface area contributed by atoms with Crippen molar-refractivity contribution >= 4 is 38.5 Å². The number of hydrogen-bond donors (Lipinski definition) is 0. The molecule has 0 unspecified atom stereocenters. The van der Waals surface area contributed by atoms with E-state index in [2.05, 4.69) is 44.7 Å². The van der Waals surface area contributed by atoms with E-state index in [0.29, 0.717) is 9.33 Å². The van der Waals surface area contributed by atoms with Gasteiger partial charge < -0.3 is 5.21 Å². The second-order valence-electron chi connectivity index (χ2n) is 2.26. The number of halogens is 2. The molecule has 1 aromatic rings. The number of nitrogens with zero attached hydrogens (tertiary/aromatic N) is 1. The van der Waals surface area contributed by atoms with Crippen LogP contribution in [0.3, 0.4) is 0 Å². The summed E-state index contributed by atoms with van der Waals surface area (Å²) in [5, 5.41) is 11.0. The first kappa shape index (κ1) is 9.25. The predicted octanol–water partition coefficient (Wildman–Crippen LogP) is 2.10. The quantitative estimate of drug-likeness (QED) is 0.310. The highest BCUT2D eigenvalue weighted by atomic mass is 127. The SMILES string of the molecule is Cc1[c][n+]([O-])c(Br)c(C)c1I. The molecule has 0 aliphatic heterocycles. The summed E-state index contributed by atoms with van der Waals surface area (Å²) in [7, 11) is 0. The fraction of sp³-hybridized carbons (Fsp3) is 0.286. The molecule has 0 aliphatic rings. The van der Waals surface area contributed by atoms with Crippen LogP contribution in [0.15, 0.2) is 4.60 Å². The smallest absolute Gasteiger partial charge is 0.295 e. The second kappa shape index (κ2) is 3.26. The number of hydrogen-bond acceptors (Lipinski definition) is 1. The summed E-state index contributed by atoms with van der Waals surface area (Å²) in [5.41, 5.74) is 1.86. The van der Waals surface area contributed by atoms with Crippen molar-refractivity contribution in [1.82, 2.24) is 0 Å². The van der Waals surface area contributed by atoms with Gasteiger partial charge in [-0.1, -0.05) is 0 Å². The molecule has 59 valence electrons. The lowest BCUT2D eigenvalue weighted by Crippen LogP contribution is -2.30. The molecule has 0 N–H and O–H groups in total. The number of aryl methyl sites for hydroxylation is 1. The molecule has 0 spiro atoms. The van der Waals surface area contributed by atoms with E-state index in [9.17, 15) is 5.21 Å². The Bertz CT molecular complexity index is 275. The van der Waals surface area contributed by atoms with E-state index in [1.54, 1.807) is 0 Å². The highest BCUT2D eigenvalue weighted by Gasteiger charge is 2.12. The monoisotopic (exact) mass is 326 g/mol. The van der Waals surface area contributed by atoms with E-state index in [1.807, 2.05) is 13.8 Å². The third kappa shape index (κ3) is 1.66. The summed E-state index contributed by atoms with van der Waals surface area (Å²) in [4.78, 5) is 0. The topological polar surface area (TPSA) is 26.9 Å². The molecule has 1 radical (unpaired) electrons. The molecule has 1 rings (SSSR count). The van der Waals surface area contributed by atoms with Gasteiger partial charge in [0.1, 0.15) is 0 Å². The van der Waals surface area contributed by atoms with Crippen LogP contribution in [0.4, 0.5) is 0 Å². The molecule has 0 fully saturated rings. The Morgan fingerprint density at radius 1 is 1.55 bits per heavy atom. The maximum Gasteiger partial charge on any atom is 0.295 e. The van der Waals surface area contributed by atoms with Gasteiger partial charge in [0.05, 0.1) is 0 Å². The lowest BCUT2D eigenvalue weighted by atomic mass is 10.2. The van der Waals surface area contributed by atoms with E-state index in [1.165, 1.54) is 0 Å². The first-order valence-electron chi connectivity index (χ1n) is 3.01. The Morgan fingerprint density at radius 2 is 2.09 bits per heavy atom. The molecule has 0 aromatic carbocycles. The van der Waals surface area contributed by atoms with Crippen molar-refractivity contribution in [3.63, 3.8) is 0 Å². The Balaban J connectivity index is 3.46. The van der Waals surface area contributed by atoms with E-state index in [4.69, 9.17) is 0 Å². The normalized spacial score (nSPS) is 10.2. The lowest BCUT2D eigenvalue weighted by Gasteiger charge is -2.04. The molecular weight excluding hydrogens is 321 g/mol. The Hall–Kier alpha value is 0.160. The van der Waals surface area contributed by atoms with E-state index < -0.39 is 0 Å². The van der Waals surface area contributed by atoms with Crippen molar-refractivity contribution < 1.29 is 4.73 Å².